The van der Waals surface area contributed by atoms with Gasteiger partial charge in [0.25, 0.3) is 0 Å². The van der Waals surface area contributed by atoms with Crippen LogP contribution in [0.1, 0.15) is 19.8 Å². The first-order valence-electron chi connectivity index (χ1n) is 4.10. The van der Waals surface area contributed by atoms with Crippen LogP contribution in [0, 0.1) is 0 Å². The van der Waals surface area contributed by atoms with E-state index in [1.54, 1.807) is 14.0 Å². The molecule has 0 fully saturated rings. The summed E-state index contributed by atoms with van der Waals surface area (Å²) in [5.74, 6) is -0.0343. The molecule has 1 atom stereocenters. The van der Waals surface area contributed by atoms with Crippen molar-refractivity contribution in [3.8, 4) is 0 Å². The van der Waals surface area contributed by atoms with E-state index in [1.165, 1.54) is 0 Å². The van der Waals surface area contributed by atoms with Crippen molar-refractivity contribution in [2.75, 3.05) is 20.3 Å². The average Bonchev–Trinajstić information content (AvgIpc) is 2.01. The number of aliphatic hydroxyl groups excluding tert-OH is 1. The van der Waals surface area contributed by atoms with Gasteiger partial charge in [-0.25, -0.2) is 0 Å². The van der Waals surface area contributed by atoms with E-state index in [2.05, 4.69) is 5.32 Å². The summed E-state index contributed by atoms with van der Waals surface area (Å²) < 4.78 is 4.79. The molecule has 72 valence electrons. The number of hydrogen-bond acceptors (Lipinski definition) is 3. The molecule has 0 spiro atoms. The van der Waals surface area contributed by atoms with Gasteiger partial charge in [-0.1, -0.05) is 0 Å². The minimum absolute atomic E-state index is 0.0343. The van der Waals surface area contributed by atoms with Gasteiger partial charge in [0.1, 0.15) is 0 Å². The zero-order valence-electron chi connectivity index (χ0n) is 7.67. The third kappa shape index (κ3) is 7.50. The van der Waals surface area contributed by atoms with Crippen molar-refractivity contribution in [2.24, 2.45) is 0 Å². The molecule has 0 aromatic rings. The van der Waals surface area contributed by atoms with Gasteiger partial charge in [-0.05, 0) is 13.3 Å². The summed E-state index contributed by atoms with van der Waals surface area (Å²) in [7, 11) is 1.60. The minimum atomic E-state index is -0.476. The molecule has 0 radical (unpaired) electrons. The largest absolute Gasteiger partial charge is 0.392 e. The molecule has 4 heteroatoms. The molecule has 12 heavy (non-hydrogen) atoms. The molecule has 0 unspecified atom stereocenters. The van der Waals surface area contributed by atoms with Crippen LogP contribution in [-0.4, -0.2) is 37.4 Å². The van der Waals surface area contributed by atoms with Gasteiger partial charge in [-0.2, -0.15) is 0 Å². The number of rotatable bonds is 6. The van der Waals surface area contributed by atoms with Gasteiger partial charge in [-0.15, -0.1) is 0 Å². The Morgan fingerprint density at radius 3 is 2.83 bits per heavy atom. The highest BCUT2D eigenvalue weighted by Crippen LogP contribution is 1.89. The van der Waals surface area contributed by atoms with E-state index >= 15 is 0 Å². The Morgan fingerprint density at radius 1 is 1.67 bits per heavy atom. The number of carbonyl (C=O) groups excluding carboxylic acids is 1. The first-order valence-corrected chi connectivity index (χ1v) is 4.10. The van der Waals surface area contributed by atoms with Crippen LogP contribution in [0.15, 0.2) is 0 Å². The number of carbonyl (C=O) groups is 1. The van der Waals surface area contributed by atoms with Gasteiger partial charge in [0.2, 0.25) is 5.91 Å². The molecule has 0 aromatic heterocycles. The predicted molar refractivity (Wildman–Crippen MR) is 45.8 cm³/mol. The summed E-state index contributed by atoms with van der Waals surface area (Å²) in [4.78, 5) is 10.9. The molecule has 4 nitrogen and oxygen atoms in total. The fourth-order valence-electron chi connectivity index (χ4n) is 0.727. The fourth-order valence-corrected chi connectivity index (χ4v) is 0.727. The zero-order valence-corrected chi connectivity index (χ0v) is 7.67. The summed E-state index contributed by atoms with van der Waals surface area (Å²) in [5, 5.41) is 11.4. The first-order chi connectivity index (χ1) is 5.66. The SMILES string of the molecule is COCCCC(=O)NC[C@H](C)O. The highest BCUT2D eigenvalue weighted by atomic mass is 16.5. The topological polar surface area (TPSA) is 58.6 Å². The van der Waals surface area contributed by atoms with Gasteiger partial charge in [0.15, 0.2) is 0 Å². The summed E-state index contributed by atoms with van der Waals surface area (Å²) >= 11 is 0. The second kappa shape index (κ2) is 7.06. The number of ether oxygens (including phenoxy) is 1. The van der Waals surface area contributed by atoms with Crippen molar-refractivity contribution in [1.82, 2.24) is 5.32 Å². The zero-order chi connectivity index (χ0) is 9.40. The first kappa shape index (κ1) is 11.4. The van der Waals surface area contributed by atoms with E-state index in [0.717, 1.165) is 6.42 Å². The van der Waals surface area contributed by atoms with E-state index in [9.17, 15) is 4.79 Å². The van der Waals surface area contributed by atoms with Gasteiger partial charge in [0, 0.05) is 26.7 Å². The molecule has 0 heterocycles. The Labute approximate surface area is 72.9 Å². The number of methoxy groups -OCH3 is 1. The normalized spacial score (nSPS) is 12.6. The van der Waals surface area contributed by atoms with E-state index in [1.807, 2.05) is 0 Å². The standard InChI is InChI=1S/C8H17NO3/c1-7(10)6-9-8(11)4-3-5-12-2/h7,10H,3-6H2,1-2H3,(H,9,11)/t7-/m0/s1. The van der Waals surface area contributed by atoms with Crippen molar-refractivity contribution in [2.45, 2.75) is 25.9 Å². The second-order valence-electron chi connectivity index (χ2n) is 2.75. The Morgan fingerprint density at radius 2 is 2.33 bits per heavy atom. The van der Waals surface area contributed by atoms with E-state index in [-0.39, 0.29) is 5.91 Å². The smallest absolute Gasteiger partial charge is 0.220 e. The van der Waals surface area contributed by atoms with Crippen LogP contribution in [0.2, 0.25) is 0 Å². The number of hydrogen-bond donors (Lipinski definition) is 2. The molecule has 1 amide bonds. The quantitative estimate of drug-likeness (QED) is 0.555. The van der Waals surface area contributed by atoms with Crippen LogP contribution in [0.4, 0.5) is 0 Å². The van der Waals surface area contributed by atoms with E-state index in [4.69, 9.17) is 9.84 Å². The number of amides is 1. The molecule has 2 N–H and O–H groups in total. The highest BCUT2D eigenvalue weighted by molar-refractivity contribution is 5.75. The van der Waals surface area contributed by atoms with Crippen LogP contribution in [0.25, 0.3) is 0 Å². The summed E-state index contributed by atoms with van der Waals surface area (Å²) in [6, 6.07) is 0. The molecule has 0 aliphatic heterocycles. The monoisotopic (exact) mass is 175 g/mol. The average molecular weight is 175 g/mol. The fraction of sp³-hybridized carbons (Fsp3) is 0.875. The van der Waals surface area contributed by atoms with Gasteiger partial charge < -0.3 is 15.2 Å². The lowest BCUT2D eigenvalue weighted by Gasteiger charge is -2.06. The lowest BCUT2D eigenvalue weighted by atomic mass is 10.3. The Balaban J connectivity index is 3.22. The third-order valence-electron chi connectivity index (χ3n) is 1.35. The molecule has 0 saturated heterocycles. The van der Waals surface area contributed by atoms with Crippen LogP contribution in [-0.2, 0) is 9.53 Å². The molecule has 0 rings (SSSR count). The highest BCUT2D eigenvalue weighted by Gasteiger charge is 2.01. The number of aliphatic hydroxyl groups is 1. The lowest BCUT2D eigenvalue weighted by molar-refractivity contribution is -0.121. The third-order valence-corrected chi connectivity index (χ3v) is 1.35. The van der Waals surface area contributed by atoms with Gasteiger partial charge >= 0.3 is 0 Å². The Bertz CT molecular complexity index is 125. The van der Waals surface area contributed by atoms with Crippen LogP contribution >= 0.6 is 0 Å². The van der Waals surface area contributed by atoms with Crippen molar-refractivity contribution in [3.63, 3.8) is 0 Å². The summed E-state index contributed by atoms with van der Waals surface area (Å²) in [6.45, 7) is 2.56. The van der Waals surface area contributed by atoms with Crippen LogP contribution < -0.4 is 5.32 Å². The maximum atomic E-state index is 10.9. The maximum absolute atomic E-state index is 10.9. The van der Waals surface area contributed by atoms with Crippen LogP contribution in [0.3, 0.4) is 0 Å². The van der Waals surface area contributed by atoms with Gasteiger partial charge in [0.05, 0.1) is 6.10 Å². The van der Waals surface area contributed by atoms with Crippen molar-refractivity contribution < 1.29 is 14.6 Å². The van der Waals surface area contributed by atoms with Crippen LogP contribution in [0.5, 0.6) is 0 Å². The second-order valence-corrected chi connectivity index (χ2v) is 2.75. The molecule has 0 bridgehead atoms. The van der Waals surface area contributed by atoms with Crippen molar-refractivity contribution in [3.05, 3.63) is 0 Å². The molecule has 0 saturated carbocycles. The molecule has 0 aliphatic carbocycles. The summed E-state index contributed by atoms with van der Waals surface area (Å²) in [5.41, 5.74) is 0. The molecular formula is C8H17NO3. The minimum Gasteiger partial charge on any atom is -0.392 e. The Hall–Kier alpha value is -0.610. The maximum Gasteiger partial charge on any atom is 0.220 e. The van der Waals surface area contributed by atoms with Crippen molar-refractivity contribution >= 4 is 5.91 Å². The molecule has 0 aromatic carbocycles. The van der Waals surface area contributed by atoms with E-state index in [0.29, 0.717) is 19.6 Å². The van der Waals surface area contributed by atoms with E-state index < -0.39 is 6.10 Å². The summed E-state index contributed by atoms with van der Waals surface area (Å²) in [6.07, 6.45) is 0.708. The van der Waals surface area contributed by atoms with Crippen molar-refractivity contribution in [1.29, 1.82) is 0 Å². The van der Waals surface area contributed by atoms with Gasteiger partial charge in [-0.3, -0.25) is 4.79 Å². The predicted octanol–water partition coefficient (Wildman–Crippen LogP) is -0.0900. The molecular weight excluding hydrogens is 158 g/mol. The number of nitrogens with one attached hydrogen (secondary N) is 1. The Kier molecular flexibility index (Phi) is 6.70. The lowest BCUT2D eigenvalue weighted by Crippen LogP contribution is -2.30. The molecule has 0 aliphatic rings.